The van der Waals surface area contributed by atoms with Crippen LogP contribution in [0.3, 0.4) is 0 Å². The molecule has 0 amide bonds. The fraction of sp³-hybridized carbons (Fsp3) is 0.458. The number of aliphatic hydroxyl groups excluding tert-OH is 1. The molecule has 0 radical (unpaired) electrons. The first-order chi connectivity index (χ1) is 18.3. The molecule has 3 aromatic rings. The molecular weight excluding hydrogens is 556 g/mol. The van der Waals surface area contributed by atoms with Crippen LogP contribution in [0.5, 0.6) is 5.75 Å². The van der Waals surface area contributed by atoms with Crippen LogP contribution < -0.4 is 20.9 Å². The van der Waals surface area contributed by atoms with Crippen LogP contribution in [-0.2, 0) is 18.8 Å². The van der Waals surface area contributed by atoms with Crippen molar-refractivity contribution < 1.29 is 37.7 Å². The molecule has 15 heteroatoms. The number of hydrogen-bond donors (Lipinski definition) is 4. The van der Waals surface area contributed by atoms with Gasteiger partial charge in [-0.15, -0.1) is 0 Å². The normalized spacial score (nSPS) is 24.7. The number of aromatic nitrogens is 2. The van der Waals surface area contributed by atoms with Gasteiger partial charge in [-0.05, 0) is 0 Å². The second-order valence-electron chi connectivity index (χ2n) is 9.58. The molecule has 4 rings (SSSR count). The Balaban J connectivity index is 1.57. The van der Waals surface area contributed by atoms with Crippen molar-refractivity contribution in [3.05, 3.63) is 62.7 Å². The number of aliphatic hydroxyl groups is 1. The number of H-pyrrole nitrogens is 1. The summed E-state index contributed by atoms with van der Waals surface area (Å²) in [6, 6.07) is 6.97. The Labute approximate surface area is 226 Å². The molecule has 1 aromatic carbocycles. The van der Waals surface area contributed by atoms with Gasteiger partial charge in [0.2, 0.25) is 0 Å². The van der Waals surface area contributed by atoms with Crippen LogP contribution in [0.1, 0.15) is 33.9 Å². The van der Waals surface area contributed by atoms with Gasteiger partial charge in [0.05, 0.1) is 0 Å². The van der Waals surface area contributed by atoms with Crippen molar-refractivity contribution in [3.8, 4) is 5.75 Å². The number of hydrogen-bond acceptors (Lipinski definition) is 11. The van der Waals surface area contributed by atoms with Gasteiger partial charge in [0, 0.05) is 0 Å². The second kappa shape index (κ2) is 11.4. The average molecular weight is 588 g/mol. The van der Waals surface area contributed by atoms with E-state index in [-0.39, 0.29) is 5.75 Å². The number of fused-ring (bicyclic) bond motifs is 1. The average Bonchev–Trinajstić information content (AvgIpc) is 3.41. The van der Waals surface area contributed by atoms with E-state index in [1.54, 1.807) is 32.0 Å². The molecule has 12 nitrogen and oxygen atoms in total. The Morgan fingerprint density at radius 1 is 1.31 bits per heavy atom. The molecule has 1 saturated heterocycles. The fourth-order valence-corrected chi connectivity index (χ4v) is 6.67. The van der Waals surface area contributed by atoms with Crippen LogP contribution in [-0.4, -0.2) is 62.1 Å². The van der Waals surface area contributed by atoms with Crippen molar-refractivity contribution in [1.29, 1.82) is 0 Å². The number of esters is 1. The third-order valence-corrected chi connectivity index (χ3v) is 8.81. The molecule has 1 fully saturated rings. The summed E-state index contributed by atoms with van der Waals surface area (Å²) < 4.78 is 39.8. The zero-order valence-electron chi connectivity index (χ0n) is 21.6. The summed E-state index contributed by atoms with van der Waals surface area (Å²) in [6.45, 7) is 5.28. The molecule has 0 aliphatic carbocycles. The van der Waals surface area contributed by atoms with Gasteiger partial charge < -0.3 is 0 Å². The van der Waals surface area contributed by atoms with E-state index >= 15 is 4.39 Å². The van der Waals surface area contributed by atoms with Crippen molar-refractivity contribution in [1.82, 2.24) is 14.6 Å². The molecule has 0 saturated carbocycles. The minimum atomic E-state index is -4.50. The maximum absolute atomic E-state index is 15.6. The van der Waals surface area contributed by atoms with E-state index < -0.39 is 68.2 Å². The number of aromatic amines is 1. The molecule has 0 unspecified atom stereocenters. The monoisotopic (exact) mass is 587 g/mol. The number of nitrogens with zero attached hydrogens (tertiary/aromatic N) is 1. The van der Waals surface area contributed by atoms with Gasteiger partial charge in [-0.25, -0.2) is 0 Å². The zero-order valence-corrected chi connectivity index (χ0v) is 23.4. The van der Waals surface area contributed by atoms with E-state index in [1.165, 1.54) is 18.3 Å². The standard InChI is InChI=1S/C24H31FN3O9PS/c1-13(2)35-21(31)14(3)27-38(33,37-16-6-5-7-18-15(16)9-11-39-18)34-12-17-20(30)24(4,25)22(36-17)28-10-8-19(29)26-23(28)32/h5-11,13-14,17,20,22,27,30,33,38H,12H2,1-4H3,(H,26,29,32)/t14-,17+,20+,22+,24+/m0/s1. The number of rotatable bonds is 10. The molecule has 4 N–H and O–H groups in total. The summed E-state index contributed by atoms with van der Waals surface area (Å²) in [5, 5.41) is 15.9. The third-order valence-electron chi connectivity index (χ3n) is 6.07. The Kier molecular flexibility index (Phi) is 8.57. The number of alkyl halides is 1. The van der Waals surface area contributed by atoms with Crippen LogP contribution in [0, 0.1) is 0 Å². The SMILES string of the molecule is CC(C)OC(=O)[C@H](C)N[PH](O)(OC[C@H]1O[C@@H](n2ccc(=O)[nH]c2=O)[C@](C)(F)[C@@H]1O)Oc1cccc2sccc12. The first kappa shape index (κ1) is 29.3. The van der Waals surface area contributed by atoms with E-state index in [4.69, 9.17) is 18.5 Å². The molecular formula is C24H31FN3O9PS. The first-order valence-electron chi connectivity index (χ1n) is 12.1. The maximum atomic E-state index is 15.6. The summed E-state index contributed by atoms with van der Waals surface area (Å²) in [6.07, 6.45) is -4.10. The van der Waals surface area contributed by atoms with E-state index in [9.17, 15) is 24.4 Å². The third kappa shape index (κ3) is 6.38. The topological polar surface area (TPSA) is 161 Å². The molecule has 1 aliphatic heterocycles. The summed E-state index contributed by atoms with van der Waals surface area (Å²) in [4.78, 5) is 49.6. The second-order valence-corrected chi connectivity index (χ2v) is 12.5. The van der Waals surface area contributed by atoms with Crippen molar-refractivity contribution in [2.24, 2.45) is 0 Å². The number of nitrogens with one attached hydrogen (secondary N) is 2. The number of halogens is 1. The fourth-order valence-electron chi connectivity index (χ4n) is 4.13. The number of thiophene rings is 1. The quantitative estimate of drug-likeness (QED) is 0.204. The Hall–Kier alpha value is -2.71. The molecule has 214 valence electrons. The molecule has 2 aromatic heterocycles. The van der Waals surface area contributed by atoms with Gasteiger partial charge in [-0.2, -0.15) is 0 Å². The number of ether oxygens (including phenoxy) is 2. The Morgan fingerprint density at radius 3 is 2.74 bits per heavy atom. The number of carbonyl (C=O) groups is 1. The van der Waals surface area contributed by atoms with Crippen molar-refractivity contribution in [3.63, 3.8) is 0 Å². The Bertz CT molecular complexity index is 1440. The van der Waals surface area contributed by atoms with Gasteiger partial charge in [0.25, 0.3) is 0 Å². The molecule has 1 aliphatic rings. The number of carbonyl (C=O) groups excluding carboxylic acids is 1. The zero-order chi connectivity index (χ0) is 28.5. The molecule has 0 bridgehead atoms. The predicted octanol–water partition coefficient (Wildman–Crippen LogP) is 2.17. The predicted molar refractivity (Wildman–Crippen MR) is 144 cm³/mol. The summed E-state index contributed by atoms with van der Waals surface area (Å²) in [5.41, 5.74) is -4.08. The molecule has 39 heavy (non-hydrogen) atoms. The molecule has 3 heterocycles. The molecule has 5 atom stereocenters. The Morgan fingerprint density at radius 2 is 2.05 bits per heavy atom. The van der Waals surface area contributed by atoms with Crippen LogP contribution in [0.15, 0.2) is 51.5 Å². The van der Waals surface area contributed by atoms with Crippen molar-refractivity contribution >= 4 is 35.5 Å². The van der Waals surface area contributed by atoms with Crippen LogP contribution in [0.25, 0.3) is 10.1 Å². The van der Waals surface area contributed by atoms with E-state index in [2.05, 4.69) is 5.09 Å². The van der Waals surface area contributed by atoms with Gasteiger partial charge in [0.15, 0.2) is 0 Å². The summed E-state index contributed by atoms with van der Waals surface area (Å²) in [5.74, 6) is -0.386. The van der Waals surface area contributed by atoms with Crippen LogP contribution in [0.4, 0.5) is 4.39 Å². The van der Waals surface area contributed by atoms with Gasteiger partial charge in [-0.1, -0.05) is 0 Å². The van der Waals surface area contributed by atoms with Crippen LogP contribution >= 0.6 is 19.4 Å². The minimum absolute atomic E-state index is 0.278. The molecule has 0 spiro atoms. The van der Waals surface area contributed by atoms with E-state index in [0.717, 1.165) is 28.5 Å². The van der Waals surface area contributed by atoms with Gasteiger partial charge in [-0.3, -0.25) is 0 Å². The van der Waals surface area contributed by atoms with Gasteiger partial charge >= 0.3 is 227 Å². The summed E-state index contributed by atoms with van der Waals surface area (Å²) in [7, 11) is -4.50. The van der Waals surface area contributed by atoms with Crippen molar-refractivity contribution in [2.75, 3.05) is 6.61 Å². The number of benzene rings is 1. The first-order valence-corrected chi connectivity index (χ1v) is 14.8. The van der Waals surface area contributed by atoms with Crippen LogP contribution in [0.2, 0.25) is 0 Å². The van der Waals surface area contributed by atoms with Gasteiger partial charge in [0.1, 0.15) is 0 Å². The van der Waals surface area contributed by atoms with E-state index in [0.29, 0.717) is 5.39 Å². The summed E-state index contributed by atoms with van der Waals surface area (Å²) >= 11 is 1.46. The van der Waals surface area contributed by atoms with Crippen molar-refractivity contribution in [2.45, 2.75) is 63.9 Å². The van der Waals surface area contributed by atoms with E-state index in [1.807, 2.05) is 16.4 Å².